The molecule has 1 aliphatic rings. The molecule has 2 rings (SSSR count). The third-order valence-corrected chi connectivity index (χ3v) is 3.32. The summed E-state index contributed by atoms with van der Waals surface area (Å²) >= 11 is 5.71. The molecule has 1 amide bonds. The van der Waals surface area contributed by atoms with E-state index in [2.05, 4.69) is 5.32 Å². The van der Waals surface area contributed by atoms with Crippen LogP contribution >= 0.6 is 11.6 Å². The first-order valence-corrected chi connectivity index (χ1v) is 6.28. The number of ether oxygens (including phenoxy) is 1. The Bertz CT molecular complexity index is 501. The topological polar surface area (TPSA) is 81.5 Å². The second-order valence-electron chi connectivity index (χ2n) is 4.30. The minimum atomic E-state index is -0.577. The first kappa shape index (κ1) is 13.8. The number of nitrogens with zero attached hydrogens (tertiary/aromatic N) is 1. The Hall–Kier alpha value is -1.66. The molecule has 0 radical (unpaired) electrons. The average Bonchev–Trinajstić information content (AvgIpc) is 2.41. The van der Waals surface area contributed by atoms with E-state index in [1.807, 2.05) is 0 Å². The Labute approximate surface area is 114 Å². The second-order valence-corrected chi connectivity index (χ2v) is 4.71. The first-order valence-electron chi connectivity index (χ1n) is 5.90. The largest absolute Gasteiger partial charge is 0.381 e. The van der Waals surface area contributed by atoms with E-state index in [-0.39, 0.29) is 22.5 Å². The fourth-order valence-corrected chi connectivity index (χ4v) is 2.12. The van der Waals surface area contributed by atoms with E-state index < -0.39 is 4.92 Å². The molecule has 1 aliphatic heterocycles. The zero-order valence-corrected chi connectivity index (χ0v) is 10.9. The summed E-state index contributed by atoms with van der Waals surface area (Å²) in [5, 5.41) is 13.5. The van der Waals surface area contributed by atoms with E-state index in [1.165, 1.54) is 12.1 Å². The smallest absolute Gasteiger partial charge is 0.289 e. The van der Waals surface area contributed by atoms with Crippen molar-refractivity contribution in [3.63, 3.8) is 0 Å². The van der Waals surface area contributed by atoms with Crippen LogP contribution in [0.5, 0.6) is 0 Å². The van der Waals surface area contributed by atoms with Crippen molar-refractivity contribution in [2.45, 2.75) is 12.8 Å². The van der Waals surface area contributed by atoms with Crippen LogP contribution in [-0.2, 0) is 9.53 Å². The van der Waals surface area contributed by atoms with Crippen molar-refractivity contribution in [1.82, 2.24) is 0 Å². The normalized spacial score (nSPS) is 16.1. The Morgan fingerprint density at radius 1 is 1.42 bits per heavy atom. The summed E-state index contributed by atoms with van der Waals surface area (Å²) in [7, 11) is 0. The number of benzene rings is 1. The second kappa shape index (κ2) is 5.99. The number of carbonyl (C=O) groups is 1. The number of rotatable bonds is 3. The van der Waals surface area contributed by atoms with Crippen LogP contribution in [0.2, 0.25) is 5.02 Å². The van der Waals surface area contributed by atoms with Crippen molar-refractivity contribution in [3.05, 3.63) is 33.3 Å². The predicted molar refractivity (Wildman–Crippen MR) is 70.3 cm³/mol. The summed E-state index contributed by atoms with van der Waals surface area (Å²) in [6.45, 7) is 1.14. The highest BCUT2D eigenvalue weighted by atomic mass is 35.5. The van der Waals surface area contributed by atoms with Crippen molar-refractivity contribution in [3.8, 4) is 0 Å². The van der Waals surface area contributed by atoms with Crippen molar-refractivity contribution >= 4 is 28.9 Å². The van der Waals surface area contributed by atoms with Gasteiger partial charge in [0.2, 0.25) is 5.91 Å². The minimum absolute atomic E-state index is 0.0501. The van der Waals surface area contributed by atoms with Crippen LogP contribution in [0, 0.1) is 16.0 Å². The summed E-state index contributed by atoms with van der Waals surface area (Å²) in [5.41, 5.74) is 0.166. The fraction of sp³-hybridized carbons (Fsp3) is 0.417. The molecule has 0 atom stereocenters. The first-order chi connectivity index (χ1) is 9.08. The van der Waals surface area contributed by atoms with E-state index in [0.717, 1.165) is 0 Å². The van der Waals surface area contributed by atoms with Gasteiger partial charge in [0, 0.05) is 30.9 Å². The number of anilines is 1. The standard InChI is InChI=1S/C12H13ClN2O4/c13-10-2-1-9(7-11(10)15(17)18)14-12(16)8-3-5-19-6-4-8/h1-2,7-8H,3-6H2,(H,14,16). The summed E-state index contributed by atoms with van der Waals surface area (Å²) < 4.78 is 5.18. The Kier molecular flexibility index (Phi) is 4.34. The maximum absolute atomic E-state index is 12.0. The summed E-state index contributed by atoms with van der Waals surface area (Å²) in [6, 6.07) is 4.21. The van der Waals surface area contributed by atoms with E-state index in [1.54, 1.807) is 6.07 Å². The third kappa shape index (κ3) is 3.42. The van der Waals surface area contributed by atoms with Crippen LogP contribution in [0.3, 0.4) is 0 Å². The van der Waals surface area contributed by atoms with Gasteiger partial charge in [-0.3, -0.25) is 14.9 Å². The van der Waals surface area contributed by atoms with E-state index >= 15 is 0 Å². The van der Waals surface area contributed by atoms with Crippen LogP contribution in [0.4, 0.5) is 11.4 Å². The monoisotopic (exact) mass is 284 g/mol. The molecule has 1 saturated heterocycles. The zero-order valence-electron chi connectivity index (χ0n) is 10.1. The van der Waals surface area contributed by atoms with Crippen molar-refractivity contribution in [2.24, 2.45) is 5.92 Å². The van der Waals surface area contributed by atoms with Crippen LogP contribution in [0.15, 0.2) is 18.2 Å². The van der Waals surface area contributed by atoms with Gasteiger partial charge in [0.05, 0.1) is 4.92 Å². The molecule has 0 unspecified atom stereocenters. The number of nitrogens with one attached hydrogen (secondary N) is 1. The highest BCUT2D eigenvalue weighted by molar-refractivity contribution is 6.32. The summed E-state index contributed by atoms with van der Waals surface area (Å²) in [4.78, 5) is 22.1. The Morgan fingerprint density at radius 3 is 2.74 bits per heavy atom. The molecule has 102 valence electrons. The van der Waals surface area contributed by atoms with Crippen molar-refractivity contribution < 1.29 is 14.5 Å². The fourth-order valence-electron chi connectivity index (χ4n) is 1.93. The number of carbonyl (C=O) groups excluding carboxylic acids is 1. The molecule has 1 aromatic rings. The minimum Gasteiger partial charge on any atom is -0.381 e. The average molecular weight is 285 g/mol. The molecule has 1 fully saturated rings. The number of hydrogen-bond donors (Lipinski definition) is 1. The molecule has 0 spiro atoms. The van der Waals surface area contributed by atoms with Crippen molar-refractivity contribution in [2.75, 3.05) is 18.5 Å². The van der Waals surface area contributed by atoms with Gasteiger partial charge in [-0.15, -0.1) is 0 Å². The summed E-state index contributed by atoms with van der Waals surface area (Å²) in [6.07, 6.45) is 1.34. The Balaban J connectivity index is 2.08. The molecular weight excluding hydrogens is 272 g/mol. The maximum atomic E-state index is 12.0. The lowest BCUT2D eigenvalue weighted by Gasteiger charge is -2.21. The lowest BCUT2D eigenvalue weighted by molar-refractivity contribution is -0.384. The molecule has 19 heavy (non-hydrogen) atoms. The SMILES string of the molecule is O=C(Nc1ccc(Cl)c([N+](=O)[O-])c1)C1CCOCC1. The van der Waals surface area contributed by atoms with Gasteiger partial charge in [-0.05, 0) is 25.0 Å². The Morgan fingerprint density at radius 2 is 2.11 bits per heavy atom. The van der Waals surface area contributed by atoms with Crippen LogP contribution in [0.25, 0.3) is 0 Å². The lowest BCUT2D eigenvalue weighted by Crippen LogP contribution is -2.28. The molecule has 1 heterocycles. The molecule has 0 saturated carbocycles. The van der Waals surface area contributed by atoms with Crippen LogP contribution in [-0.4, -0.2) is 24.0 Å². The quantitative estimate of drug-likeness (QED) is 0.683. The van der Waals surface area contributed by atoms with Gasteiger partial charge in [-0.1, -0.05) is 11.6 Å². The van der Waals surface area contributed by atoms with Gasteiger partial charge in [0.15, 0.2) is 0 Å². The highest BCUT2D eigenvalue weighted by Gasteiger charge is 2.22. The number of nitro groups is 1. The van der Waals surface area contributed by atoms with Gasteiger partial charge >= 0.3 is 0 Å². The van der Waals surface area contributed by atoms with Crippen LogP contribution in [0.1, 0.15) is 12.8 Å². The van der Waals surface area contributed by atoms with Crippen molar-refractivity contribution in [1.29, 1.82) is 0 Å². The molecular formula is C12H13ClN2O4. The molecule has 1 N–H and O–H groups in total. The van der Waals surface area contributed by atoms with E-state index in [4.69, 9.17) is 16.3 Å². The van der Waals surface area contributed by atoms with E-state index in [0.29, 0.717) is 31.7 Å². The third-order valence-electron chi connectivity index (χ3n) is 3.00. The summed E-state index contributed by atoms with van der Waals surface area (Å²) in [5.74, 6) is -0.247. The van der Waals surface area contributed by atoms with Gasteiger partial charge < -0.3 is 10.1 Å². The van der Waals surface area contributed by atoms with Gasteiger partial charge in [-0.25, -0.2) is 0 Å². The predicted octanol–water partition coefficient (Wildman–Crippen LogP) is 2.61. The highest BCUT2D eigenvalue weighted by Crippen LogP contribution is 2.28. The van der Waals surface area contributed by atoms with Crippen LogP contribution < -0.4 is 5.32 Å². The number of nitro benzene ring substituents is 1. The molecule has 0 aliphatic carbocycles. The molecule has 7 heteroatoms. The van der Waals surface area contributed by atoms with Gasteiger partial charge in [-0.2, -0.15) is 0 Å². The molecule has 1 aromatic carbocycles. The van der Waals surface area contributed by atoms with E-state index in [9.17, 15) is 14.9 Å². The van der Waals surface area contributed by atoms with Gasteiger partial charge in [0.25, 0.3) is 5.69 Å². The molecule has 0 aromatic heterocycles. The number of amides is 1. The van der Waals surface area contributed by atoms with Gasteiger partial charge in [0.1, 0.15) is 5.02 Å². The molecule has 6 nitrogen and oxygen atoms in total. The number of halogens is 1. The number of hydrogen-bond acceptors (Lipinski definition) is 4. The maximum Gasteiger partial charge on any atom is 0.289 e. The molecule has 0 bridgehead atoms. The zero-order chi connectivity index (χ0) is 13.8. The lowest BCUT2D eigenvalue weighted by atomic mass is 9.99.